The Bertz CT molecular complexity index is 753. The maximum Gasteiger partial charge on any atom is 0.185 e. The third kappa shape index (κ3) is 2.31. The zero-order chi connectivity index (χ0) is 13.9. The smallest absolute Gasteiger partial charge is 0.185 e. The minimum absolute atomic E-state index is 0.116. The van der Waals surface area contributed by atoms with Gasteiger partial charge in [-0.2, -0.15) is 0 Å². The van der Waals surface area contributed by atoms with Crippen molar-refractivity contribution < 1.29 is 4.79 Å². The number of carbonyl (C=O) groups is 1. The molecule has 1 heterocycles. The van der Waals surface area contributed by atoms with Crippen LogP contribution in [0.5, 0.6) is 0 Å². The van der Waals surface area contributed by atoms with Gasteiger partial charge in [0.15, 0.2) is 5.78 Å². The standard InChI is InChI=1S/C17H14N2O/c18-16(12-6-2-1-3-7-12)17(20)14-10-13-8-4-5-9-15(13)19-11-14/h1-11,16H,18H2/t16-/m1/s1. The number of rotatable bonds is 3. The van der Waals surface area contributed by atoms with E-state index < -0.39 is 6.04 Å². The van der Waals surface area contributed by atoms with Crippen molar-refractivity contribution in [1.29, 1.82) is 0 Å². The Labute approximate surface area is 117 Å². The maximum absolute atomic E-state index is 12.4. The van der Waals surface area contributed by atoms with Crippen molar-refractivity contribution >= 4 is 16.7 Å². The highest BCUT2D eigenvalue weighted by Crippen LogP contribution is 2.18. The van der Waals surface area contributed by atoms with Crippen molar-refractivity contribution in [2.75, 3.05) is 0 Å². The van der Waals surface area contributed by atoms with Gasteiger partial charge in [-0.05, 0) is 17.7 Å². The molecular weight excluding hydrogens is 248 g/mol. The van der Waals surface area contributed by atoms with E-state index in [0.29, 0.717) is 5.56 Å². The molecule has 2 aromatic carbocycles. The zero-order valence-electron chi connectivity index (χ0n) is 10.9. The van der Waals surface area contributed by atoms with Crippen LogP contribution in [0.25, 0.3) is 10.9 Å². The van der Waals surface area contributed by atoms with E-state index in [4.69, 9.17) is 5.73 Å². The highest BCUT2D eigenvalue weighted by Gasteiger charge is 2.18. The topological polar surface area (TPSA) is 56.0 Å². The van der Waals surface area contributed by atoms with Crippen molar-refractivity contribution in [2.45, 2.75) is 6.04 Å². The Morgan fingerprint density at radius 3 is 2.50 bits per heavy atom. The molecule has 0 saturated heterocycles. The highest BCUT2D eigenvalue weighted by molar-refractivity contribution is 6.02. The molecule has 0 radical (unpaired) electrons. The SMILES string of the molecule is N[C@@H](C(=O)c1cnc2ccccc2c1)c1ccccc1. The van der Waals surface area contributed by atoms with E-state index >= 15 is 0 Å². The lowest BCUT2D eigenvalue weighted by Crippen LogP contribution is -2.21. The first-order valence-electron chi connectivity index (χ1n) is 6.45. The second-order valence-corrected chi connectivity index (χ2v) is 4.67. The van der Waals surface area contributed by atoms with Crippen LogP contribution < -0.4 is 5.73 Å². The van der Waals surface area contributed by atoms with Gasteiger partial charge in [-0.1, -0.05) is 48.5 Å². The number of carbonyl (C=O) groups excluding carboxylic acids is 1. The molecule has 0 aliphatic carbocycles. The lowest BCUT2D eigenvalue weighted by molar-refractivity contribution is 0.0961. The third-order valence-electron chi connectivity index (χ3n) is 3.32. The van der Waals surface area contributed by atoms with Gasteiger partial charge < -0.3 is 5.73 Å². The molecule has 0 aliphatic rings. The number of nitrogens with two attached hydrogens (primary N) is 1. The third-order valence-corrected chi connectivity index (χ3v) is 3.32. The van der Waals surface area contributed by atoms with Gasteiger partial charge in [-0.25, -0.2) is 0 Å². The molecule has 2 N–H and O–H groups in total. The minimum atomic E-state index is -0.654. The van der Waals surface area contributed by atoms with Gasteiger partial charge in [0.2, 0.25) is 0 Å². The van der Waals surface area contributed by atoms with E-state index in [-0.39, 0.29) is 5.78 Å². The van der Waals surface area contributed by atoms with Gasteiger partial charge in [0, 0.05) is 17.1 Å². The molecule has 1 atom stereocenters. The molecule has 0 unspecified atom stereocenters. The molecule has 3 rings (SSSR count). The Morgan fingerprint density at radius 2 is 1.70 bits per heavy atom. The van der Waals surface area contributed by atoms with Crippen LogP contribution in [0.1, 0.15) is 22.0 Å². The fraction of sp³-hybridized carbons (Fsp3) is 0.0588. The van der Waals surface area contributed by atoms with Crippen molar-refractivity contribution in [1.82, 2.24) is 4.98 Å². The summed E-state index contributed by atoms with van der Waals surface area (Å²) >= 11 is 0. The van der Waals surface area contributed by atoms with E-state index in [9.17, 15) is 4.79 Å². The highest BCUT2D eigenvalue weighted by atomic mass is 16.1. The monoisotopic (exact) mass is 262 g/mol. The molecule has 0 saturated carbocycles. The number of aromatic nitrogens is 1. The van der Waals surface area contributed by atoms with Crippen LogP contribution in [0.4, 0.5) is 0 Å². The lowest BCUT2D eigenvalue weighted by atomic mass is 9.98. The Kier molecular flexibility index (Phi) is 3.27. The van der Waals surface area contributed by atoms with Gasteiger partial charge in [0.05, 0.1) is 11.6 Å². The van der Waals surface area contributed by atoms with Crippen molar-refractivity contribution in [3.05, 3.63) is 78.0 Å². The Balaban J connectivity index is 1.96. The first-order chi connectivity index (χ1) is 9.75. The first kappa shape index (κ1) is 12.5. The Morgan fingerprint density at radius 1 is 1.00 bits per heavy atom. The lowest BCUT2D eigenvalue weighted by Gasteiger charge is -2.11. The molecular formula is C17H14N2O. The number of hydrogen-bond donors (Lipinski definition) is 1. The van der Waals surface area contributed by atoms with Crippen LogP contribution in [0.15, 0.2) is 66.9 Å². The van der Waals surface area contributed by atoms with Crippen molar-refractivity contribution in [3.63, 3.8) is 0 Å². The average Bonchev–Trinajstić information content (AvgIpc) is 2.54. The quantitative estimate of drug-likeness (QED) is 0.738. The summed E-state index contributed by atoms with van der Waals surface area (Å²) in [7, 11) is 0. The van der Waals surface area contributed by atoms with E-state index in [1.165, 1.54) is 0 Å². The summed E-state index contributed by atoms with van der Waals surface area (Å²) in [5, 5.41) is 0.943. The molecule has 0 fully saturated rings. The summed E-state index contributed by atoms with van der Waals surface area (Å²) in [6.45, 7) is 0. The predicted molar refractivity (Wildman–Crippen MR) is 79.4 cm³/mol. The first-order valence-corrected chi connectivity index (χ1v) is 6.45. The molecule has 0 aliphatic heterocycles. The number of pyridine rings is 1. The average molecular weight is 262 g/mol. The van der Waals surface area contributed by atoms with Crippen LogP contribution in [-0.4, -0.2) is 10.8 Å². The second kappa shape index (κ2) is 5.23. The van der Waals surface area contributed by atoms with Crippen LogP contribution in [0.3, 0.4) is 0 Å². The van der Waals surface area contributed by atoms with Crippen LogP contribution in [0, 0.1) is 0 Å². The normalized spacial score (nSPS) is 12.2. The minimum Gasteiger partial charge on any atom is -0.318 e. The number of fused-ring (bicyclic) bond motifs is 1. The number of nitrogens with zero attached hydrogens (tertiary/aromatic N) is 1. The van der Waals surface area contributed by atoms with E-state index in [2.05, 4.69) is 4.98 Å². The van der Waals surface area contributed by atoms with E-state index in [1.807, 2.05) is 60.7 Å². The summed E-state index contributed by atoms with van der Waals surface area (Å²) < 4.78 is 0. The van der Waals surface area contributed by atoms with Gasteiger partial charge in [-0.3, -0.25) is 9.78 Å². The number of hydrogen-bond acceptors (Lipinski definition) is 3. The number of para-hydroxylation sites is 1. The van der Waals surface area contributed by atoms with E-state index in [1.54, 1.807) is 6.20 Å². The molecule has 98 valence electrons. The fourth-order valence-electron chi connectivity index (χ4n) is 2.20. The molecule has 3 nitrogen and oxygen atoms in total. The molecule has 20 heavy (non-hydrogen) atoms. The van der Waals surface area contributed by atoms with Crippen molar-refractivity contribution in [2.24, 2.45) is 5.73 Å². The van der Waals surface area contributed by atoms with E-state index in [0.717, 1.165) is 16.5 Å². The molecule has 0 amide bonds. The summed E-state index contributed by atoms with van der Waals surface area (Å²) in [6, 6.07) is 18.3. The van der Waals surface area contributed by atoms with Gasteiger partial charge in [-0.15, -0.1) is 0 Å². The summed E-state index contributed by atoms with van der Waals surface area (Å²) in [5.41, 5.74) is 8.26. The molecule has 0 spiro atoms. The number of benzene rings is 2. The van der Waals surface area contributed by atoms with Crippen LogP contribution >= 0.6 is 0 Å². The number of Topliss-reactive ketones (excluding diaryl/α,β-unsaturated/α-hetero) is 1. The fourth-order valence-corrected chi connectivity index (χ4v) is 2.20. The zero-order valence-corrected chi connectivity index (χ0v) is 10.9. The largest absolute Gasteiger partial charge is 0.318 e. The van der Waals surface area contributed by atoms with Gasteiger partial charge in [0.1, 0.15) is 0 Å². The van der Waals surface area contributed by atoms with Crippen molar-refractivity contribution in [3.8, 4) is 0 Å². The van der Waals surface area contributed by atoms with Crippen LogP contribution in [-0.2, 0) is 0 Å². The Hall–Kier alpha value is -2.52. The molecule has 3 heteroatoms. The molecule has 1 aromatic heterocycles. The van der Waals surface area contributed by atoms with Gasteiger partial charge in [0.25, 0.3) is 0 Å². The number of ketones is 1. The molecule has 0 bridgehead atoms. The predicted octanol–water partition coefficient (Wildman–Crippen LogP) is 3.12. The van der Waals surface area contributed by atoms with Crippen LogP contribution in [0.2, 0.25) is 0 Å². The maximum atomic E-state index is 12.4. The summed E-state index contributed by atoms with van der Waals surface area (Å²) in [6.07, 6.45) is 1.59. The summed E-state index contributed by atoms with van der Waals surface area (Å²) in [5.74, 6) is -0.116. The molecule has 3 aromatic rings. The summed E-state index contributed by atoms with van der Waals surface area (Å²) in [4.78, 5) is 16.7. The van der Waals surface area contributed by atoms with Gasteiger partial charge >= 0.3 is 0 Å². The second-order valence-electron chi connectivity index (χ2n) is 4.67.